The Bertz CT molecular complexity index is 787. The topological polar surface area (TPSA) is 76.7 Å². The van der Waals surface area contributed by atoms with E-state index in [1.807, 2.05) is 0 Å². The Morgan fingerprint density at radius 2 is 1.69 bits per heavy atom. The van der Waals surface area contributed by atoms with Gasteiger partial charge in [0, 0.05) is 23.9 Å². The summed E-state index contributed by atoms with van der Waals surface area (Å²) in [6.45, 7) is 6.12. The van der Waals surface area contributed by atoms with Gasteiger partial charge in [-0.05, 0) is 42.3 Å². The lowest BCUT2D eigenvalue weighted by Gasteiger charge is -2.14. The number of methoxy groups -OCH3 is 1. The van der Waals surface area contributed by atoms with Gasteiger partial charge in [-0.2, -0.15) is 0 Å². The molecule has 138 valence electrons. The van der Waals surface area contributed by atoms with Crippen molar-refractivity contribution in [3.05, 3.63) is 48.0 Å². The second-order valence-corrected chi connectivity index (χ2v) is 6.29. The molecule has 2 amide bonds. The van der Waals surface area contributed by atoms with Crippen LogP contribution in [0.25, 0.3) is 0 Å². The number of hydrogen-bond acceptors (Lipinski definition) is 4. The Labute approximate surface area is 153 Å². The third kappa shape index (κ3) is 5.51. The van der Waals surface area contributed by atoms with E-state index in [0.29, 0.717) is 41.0 Å². The summed E-state index contributed by atoms with van der Waals surface area (Å²) in [7, 11) is 1.54. The van der Waals surface area contributed by atoms with Crippen LogP contribution in [0.4, 0.5) is 11.4 Å². The summed E-state index contributed by atoms with van der Waals surface area (Å²) in [5.41, 5.74) is 1.65. The minimum absolute atomic E-state index is 0.171. The fourth-order valence-electron chi connectivity index (χ4n) is 2.27. The molecule has 0 heterocycles. The van der Waals surface area contributed by atoms with E-state index in [4.69, 9.17) is 9.47 Å². The second-order valence-electron chi connectivity index (χ2n) is 6.29. The average molecular weight is 356 g/mol. The zero-order valence-corrected chi connectivity index (χ0v) is 15.5. The number of carbonyl (C=O) groups is 2. The molecule has 0 spiro atoms. The van der Waals surface area contributed by atoms with Gasteiger partial charge >= 0.3 is 0 Å². The number of amides is 2. The van der Waals surface area contributed by atoms with Gasteiger partial charge in [-0.3, -0.25) is 9.59 Å². The van der Waals surface area contributed by atoms with Gasteiger partial charge in [0.2, 0.25) is 5.91 Å². The Kier molecular flexibility index (Phi) is 6.60. The van der Waals surface area contributed by atoms with Gasteiger partial charge in [0.25, 0.3) is 5.91 Å². The lowest BCUT2D eigenvalue weighted by molar-refractivity contribution is -0.114. The van der Waals surface area contributed by atoms with Gasteiger partial charge < -0.3 is 20.1 Å². The monoisotopic (exact) mass is 356 g/mol. The maximum atomic E-state index is 12.5. The van der Waals surface area contributed by atoms with Crippen LogP contribution in [0.2, 0.25) is 0 Å². The second kappa shape index (κ2) is 8.89. The van der Waals surface area contributed by atoms with Crippen LogP contribution in [0, 0.1) is 5.92 Å². The standard InChI is InChI=1S/C20H24N2O4/c1-13(2)12-26-18-9-8-15(10-19(18)25-4)20(24)22-17-7-5-6-16(11-17)21-14(3)23/h5-11,13H,12H2,1-4H3,(H,21,23)(H,22,24). The lowest BCUT2D eigenvalue weighted by Crippen LogP contribution is -2.13. The summed E-state index contributed by atoms with van der Waals surface area (Å²) in [6.07, 6.45) is 0. The molecule has 6 heteroatoms. The quantitative estimate of drug-likeness (QED) is 0.788. The van der Waals surface area contributed by atoms with Gasteiger partial charge in [0.1, 0.15) is 0 Å². The van der Waals surface area contributed by atoms with Gasteiger partial charge in [-0.15, -0.1) is 0 Å². The minimum Gasteiger partial charge on any atom is -0.493 e. The molecule has 0 saturated carbocycles. The molecular formula is C20H24N2O4. The van der Waals surface area contributed by atoms with Crippen LogP contribution in [0.3, 0.4) is 0 Å². The normalized spacial score (nSPS) is 10.3. The van der Waals surface area contributed by atoms with E-state index >= 15 is 0 Å². The molecule has 0 aliphatic carbocycles. The van der Waals surface area contributed by atoms with Crippen molar-refractivity contribution >= 4 is 23.2 Å². The highest BCUT2D eigenvalue weighted by molar-refractivity contribution is 6.05. The predicted octanol–water partition coefficient (Wildman–Crippen LogP) is 3.94. The summed E-state index contributed by atoms with van der Waals surface area (Å²) in [5.74, 6) is 1.04. The molecule has 0 bridgehead atoms. The molecule has 2 rings (SSSR count). The highest BCUT2D eigenvalue weighted by Crippen LogP contribution is 2.29. The fourth-order valence-corrected chi connectivity index (χ4v) is 2.27. The molecule has 2 aromatic rings. The first-order valence-corrected chi connectivity index (χ1v) is 8.39. The van der Waals surface area contributed by atoms with E-state index in [-0.39, 0.29) is 11.8 Å². The number of hydrogen-bond donors (Lipinski definition) is 2. The molecule has 2 aromatic carbocycles. The van der Waals surface area contributed by atoms with Crippen molar-refractivity contribution in [3.8, 4) is 11.5 Å². The summed E-state index contributed by atoms with van der Waals surface area (Å²) in [4.78, 5) is 23.6. The van der Waals surface area contributed by atoms with E-state index in [1.54, 1.807) is 42.5 Å². The molecule has 6 nitrogen and oxygen atoms in total. The summed E-state index contributed by atoms with van der Waals surface area (Å²) < 4.78 is 11.0. The zero-order chi connectivity index (χ0) is 19.1. The van der Waals surface area contributed by atoms with Gasteiger partial charge in [-0.1, -0.05) is 19.9 Å². The number of benzene rings is 2. The van der Waals surface area contributed by atoms with Crippen LogP contribution < -0.4 is 20.1 Å². The van der Waals surface area contributed by atoms with Crippen LogP contribution in [-0.2, 0) is 4.79 Å². The molecule has 0 aromatic heterocycles. The first-order chi connectivity index (χ1) is 12.4. The SMILES string of the molecule is COc1cc(C(=O)Nc2cccc(NC(C)=O)c2)ccc1OCC(C)C. The number of carbonyl (C=O) groups excluding carboxylic acids is 2. The maximum absolute atomic E-state index is 12.5. The molecule has 0 unspecified atom stereocenters. The lowest BCUT2D eigenvalue weighted by atomic mass is 10.1. The van der Waals surface area contributed by atoms with E-state index in [9.17, 15) is 9.59 Å². The van der Waals surface area contributed by atoms with Crippen molar-refractivity contribution in [1.82, 2.24) is 0 Å². The van der Waals surface area contributed by atoms with E-state index in [0.717, 1.165) is 0 Å². The Morgan fingerprint density at radius 3 is 2.31 bits per heavy atom. The van der Waals surface area contributed by atoms with Gasteiger partial charge in [0.15, 0.2) is 11.5 Å². The van der Waals surface area contributed by atoms with E-state index < -0.39 is 0 Å². The third-order valence-corrected chi connectivity index (χ3v) is 3.44. The van der Waals surface area contributed by atoms with Crippen LogP contribution >= 0.6 is 0 Å². The Morgan fingerprint density at radius 1 is 1.00 bits per heavy atom. The van der Waals surface area contributed by atoms with Crippen molar-refractivity contribution in [3.63, 3.8) is 0 Å². The number of rotatable bonds is 7. The molecule has 26 heavy (non-hydrogen) atoms. The number of anilines is 2. The molecule has 0 aliphatic heterocycles. The molecule has 0 atom stereocenters. The highest BCUT2D eigenvalue weighted by Gasteiger charge is 2.12. The van der Waals surface area contributed by atoms with Crippen molar-refractivity contribution in [1.29, 1.82) is 0 Å². The Balaban J connectivity index is 2.13. The first-order valence-electron chi connectivity index (χ1n) is 8.39. The first kappa shape index (κ1) is 19.3. The number of nitrogens with one attached hydrogen (secondary N) is 2. The minimum atomic E-state index is -0.279. The summed E-state index contributed by atoms with van der Waals surface area (Å²) >= 11 is 0. The molecule has 0 fully saturated rings. The van der Waals surface area contributed by atoms with Crippen LogP contribution in [-0.4, -0.2) is 25.5 Å². The van der Waals surface area contributed by atoms with Crippen molar-refractivity contribution in [2.24, 2.45) is 5.92 Å². The molecule has 2 N–H and O–H groups in total. The number of ether oxygens (including phenoxy) is 2. The van der Waals surface area contributed by atoms with Gasteiger partial charge in [-0.25, -0.2) is 0 Å². The Hall–Kier alpha value is -3.02. The molecule has 0 radical (unpaired) electrons. The van der Waals surface area contributed by atoms with Crippen LogP contribution in [0.1, 0.15) is 31.1 Å². The highest BCUT2D eigenvalue weighted by atomic mass is 16.5. The molecular weight excluding hydrogens is 332 g/mol. The van der Waals surface area contributed by atoms with Crippen molar-refractivity contribution in [2.45, 2.75) is 20.8 Å². The van der Waals surface area contributed by atoms with E-state index in [2.05, 4.69) is 24.5 Å². The van der Waals surface area contributed by atoms with Crippen molar-refractivity contribution < 1.29 is 19.1 Å². The largest absolute Gasteiger partial charge is 0.493 e. The average Bonchev–Trinajstić information content (AvgIpc) is 2.59. The maximum Gasteiger partial charge on any atom is 0.255 e. The predicted molar refractivity (Wildman–Crippen MR) is 102 cm³/mol. The third-order valence-electron chi connectivity index (χ3n) is 3.44. The zero-order valence-electron chi connectivity index (χ0n) is 15.5. The van der Waals surface area contributed by atoms with Crippen molar-refractivity contribution in [2.75, 3.05) is 24.4 Å². The fraction of sp³-hybridized carbons (Fsp3) is 0.300. The van der Waals surface area contributed by atoms with Crippen LogP contribution in [0.5, 0.6) is 11.5 Å². The van der Waals surface area contributed by atoms with Crippen LogP contribution in [0.15, 0.2) is 42.5 Å². The smallest absolute Gasteiger partial charge is 0.255 e. The van der Waals surface area contributed by atoms with E-state index in [1.165, 1.54) is 14.0 Å². The summed E-state index contributed by atoms with van der Waals surface area (Å²) in [5, 5.41) is 5.49. The molecule has 0 aliphatic rings. The molecule has 0 saturated heterocycles. The van der Waals surface area contributed by atoms with Gasteiger partial charge in [0.05, 0.1) is 13.7 Å². The summed E-state index contributed by atoms with van der Waals surface area (Å²) in [6, 6.07) is 12.0.